The number of piperazine rings is 1. The molecular weight excluding hydrogens is 332 g/mol. The van der Waals surface area contributed by atoms with E-state index in [1.165, 1.54) is 30.1 Å². The van der Waals surface area contributed by atoms with Crippen LogP contribution in [-0.4, -0.2) is 61.4 Å². The minimum atomic E-state index is -0.759. The monoisotopic (exact) mass is 349 g/mol. The van der Waals surface area contributed by atoms with Crippen LogP contribution in [0.25, 0.3) is 0 Å². The molecular formula is C14H18Cl2FN3O2. The van der Waals surface area contributed by atoms with Crippen molar-refractivity contribution in [3.8, 4) is 0 Å². The first-order valence-corrected chi connectivity index (χ1v) is 7.06. The Bertz CT molecular complexity index is 551. The number of rotatable bonds is 3. The summed E-state index contributed by atoms with van der Waals surface area (Å²) in [6.07, 6.45) is 0. The highest BCUT2D eigenvalue weighted by atomic mass is 35.5. The van der Waals surface area contributed by atoms with E-state index in [9.17, 15) is 14.0 Å². The SMILES string of the molecule is CN(CC(=O)N1CCNCC1)C(=O)c1cccc(Cl)c1F.Cl. The van der Waals surface area contributed by atoms with Crippen molar-refractivity contribution < 1.29 is 14.0 Å². The van der Waals surface area contributed by atoms with Crippen LogP contribution in [0.5, 0.6) is 0 Å². The van der Waals surface area contributed by atoms with Gasteiger partial charge in [-0.3, -0.25) is 9.59 Å². The largest absolute Gasteiger partial charge is 0.339 e. The molecule has 8 heteroatoms. The fourth-order valence-corrected chi connectivity index (χ4v) is 2.34. The molecule has 22 heavy (non-hydrogen) atoms. The Morgan fingerprint density at radius 2 is 2.00 bits per heavy atom. The van der Waals surface area contributed by atoms with Gasteiger partial charge in [0.25, 0.3) is 5.91 Å². The molecule has 0 spiro atoms. The molecule has 0 aliphatic carbocycles. The van der Waals surface area contributed by atoms with Crippen LogP contribution in [-0.2, 0) is 4.79 Å². The first-order chi connectivity index (χ1) is 10.0. The van der Waals surface area contributed by atoms with Crippen LogP contribution in [0.4, 0.5) is 4.39 Å². The molecule has 0 saturated carbocycles. The summed E-state index contributed by atoms with van der Waals surface area (Å²) < 4.78 is 13.8. The lowest BCUT2D eigenvalue weighted by molar-refractivity contribution is -0.132. The Morgan fingerprint density at radius 1 is 1.36 bits per heavy atom. The Hall–Kier alpha value is -1.37. The lowest BCUT2D eigenvalue weighted by Crippen LogP contribution is -2.49. The highest BCUT2D eigenvalue weighted by molar-refractivity contribution is 6.31. The van der Waals surface area contributed by atoms with Crippen molar-refractivity contribution in [3.05, 3.63) is 34.6 Å². The van der Waals surface area contributed by atoms with E-state index in [1.54, 1.807) is 4.90 Å². The minimum Gasteiger partial charge on any atom is -0.339 e. The van der Waals surface area contributed by atoms with E-state index in [4.69, 9.17) is 11.6 Å². The second kappa shape index (κ2) is 8.31. The van der Waals surface area contributed by atoms with Gasteiger partial charge in [0, 0.05) is 33.2 Å². The van der Waals surface area contributed by atoms with Gasteiger partial charge in [0.05, 0.1) is 17.1 Å². The van der Waals surface area contributed by atoms with Gasteiger partial charge in [0.2, 0.25) is 5.91 Å². The van der Waals surface area contributed by atoms with Gasteiger partial charge in [-0.05, 0) is 12.1 Å². The number of halogens is 3. The number of amides is 2. The fraction of sp³-hybridized carbons (Fsp3) is 0.429. The smallest absolute Gasteiger partial charge is 0.257 e. The lowest BCUT2D eigenvalue weighted by atomic mass is 10.2. The molecule has 2 rings (SSSR count). The maximum absolute atomic E-state index is 13.8. The molecule has 1 heterocycles. The Balaban J connectivity index is 0.00000242. The van der Waals surface area contributed by atoms with Gasteiger partial charge in [-0.1, -0.05) is 17.7 Å². The van der Waals surface area contributed by atoms with Crippen molar-refractivity contribution in [2.75, 3.05) is 39.8 Å². The molecule has 0 radical (unpaired) electrons. The Morgan fingerprint density at radius 3 is 2.64 bits per heavy atom. The predicted molar refractivity (Wildman–Crippen MR) is 85.1 cm³/mol. The number of benzene rings is 1. The van der Waals surface area contributed by atoms with Crippen LogP contribution < -0.4 is 5.32 Å². The molecule has 1 fully saturated rings. The average Bonchev–Trinajstić information content (AvgIpc) is 2.50. The molecule has 0 atom stereocenters. The fourth-order valence-electron chi connectivity index (χ4n) is 2.16. The lowest BCUT2D eigenvalue weighted by Gasteiger charge is -2.29. The number of hydrogen-bond acceptors (Lipinski definition) is 3. The van der Waals surface area contributed by atoms with Crippen molar-refractivity contribution in [2.24, 2.45) is 0 Å². The van der Waals surface area contributed by atoms with Gasteiger partial charge in [-0.2, -0.15) is 0 Å². The van der Waals surface area contributed by atoms with Crippen LogP contribution >= 0.6 is 24.0 Å². The van der Waals surface area contributed by atoms with Crippen LogP contribution in [0.1, 0.15) is 10.4 Å². The number of nitrogens with one attached hydrogen (secondary N) is 1. The minimum absolute atomic E-state index is 0. The van der Waals surface area contributed by atoms with E-state index in [0.717, 1.165) is 13.1 Å². The van der Waals surface area contributed by atoms with E-state index in [1.807, 2.05) is 0 Å². The first-order valence-electron chi connectivity index (χ1n) is 6.68. The molecule has 1 aromatic rings. The number of hydrogen-bond donors (Lipinski definition) is 1. The number of carbonyl (C=O) groups excluding carboxylic acids is 2. The van der Waals surface area contributed by atoms with Gasteiger partial charge in [0.15, 0.2) is 5.82 Å². The van der Waals surface area contributed by atoms with Crippen LogP contribution in [0, 0.1) is 5.82 Å². The summed E-state index contributed by atoms with van der Waals surface area (Å²) in [6, 6.07) is 4.24. The highest BCUT2D eigenvalue weighted by Gasteiger charge is 2.23. The van der Waals surface area contributed by atoms with E-state index in [0.29, 0.717) is 13.1 Å². The molecule has 1 aliphatic rings. The van der Waals surface area contributed by atoms with Gasteiger partial charge in [0.1, 0.15) is 0 Å². The summed E-state index contributed by atoms with van der Waals surface area (Å²) in [7, 11) is 1.47. The van der Waals surface area contributed by atoms with E-state index in [2.05, 4.69) is 5.32 Å². The zero-order valence-electron chi connectivity index (χ0n) is 12.1. The van der Waals surface area contributed by atoms with Crippen LogP contribution in [0.3, 0.4) is 0 Å². The average molecular weight is 350 g/mol. The standard InChI is InChI=1S/C14H17ClFN3O2.ClH/c1-18(9-12(20)19-7-5-17-6-8-19)14(21)10-3-2-4-11(15)13(10)16;/h2-4,17H,5-9H2,1H3;1H. The van der Waals surface area contributed by atoms with Crippen LogP contribution in [0.15, 0.2) is 18.2 Å². The van der Waals surface area contributed by atoms with Crippen molar-refractivity contribution in [1.82, 2.24) is 15.1 Å². The van der Waals surface area contributed by atoms with Crippen LogP contribution in [0.2, 0.25) is 5.02 Å². The Labute approximate surface area is 139 Å². The third-order valence-corrected chi connectivity index (χ3v) is 3.66. The zero-order chi connectivity index (χ0) is 15.4. The molecule has 1 aromatic carbocycles. The normalized spacial score (nSPS) is 14.2. The summed E-state index contributed by atoms with van der Waals surface area (Å²) in [6.45, 7) is 2.64. The zero-order valence-corrected chi connectivity index (χ0v) is 13.7. The summed E-state index contributed by atoms with van der Waals surface area (Å²) in [4.78, 5) is 27.2. The van der Waals surface area contributed by atoms with Gasteiger partial charge >= 0.3 is 0 Å². The molecule has 1 saturated heterocycles. The molecule has 2 amide bonds. The molecule has 5 nitrogen and oxygen atoms in total. The number of carbonyl (C=O) groups is 2. The molecule has 0 unspecified atom stereocenters. The molecule has 0 aromatic heterocycles. The molecule has 1 aliphatic heterocycles. The summed E-state index contributed by atoms with van der Waals surface area (Å²) in [5.41, 5.74) is -0.127. The quantitative estimate of drug-likeness (QED) is 0.897. The Kier molecular flexibility index (Phi) is 7.06. The predicted octanol–water partition coefficient (Wildman–Crippen LogP) is 1.40. The van der Waals surface area contributed by atoms with Crippen molar-refractivity contribution in [1.29, 1.82) is 0 Å². The van der Waals surface area contributed by atoms with Gasteiger partial charge in [-0.15, -0.1) is 12.4 Å². The molecule has 0 bridgehead atoms. The first kappa shape index (κ1) is 18.7. The van der Waals surface area contributed by atoms with E-state index in [-0.39, 0.29) is 35.4 Å². The van der Waals surface area contributed by atoms with Gasteiger partial charge < -0.3 is 15.1 Å². The van der Waals surface area contributed by atoms with Crippen molar-refractivity contribution in [3.63, 3.8) is 0 Å². The maximum Gasteiger partial charge on any atom is 0.257 e. The number of nitrogens with zero attached hydrogens (tertiary/aromatic N) is 2. The summed E-state index contributed by atoms with van der Waals surface area (Å²) >= 11 is 5.66. The summed E-state index contributed by atoms with van der Waals surface area (Å²) in [5, 5.41) is 3.04. The van der Waals surface area contributed by atoms with E-state index < -0.39 is 11.7 Å². The van der Waals surface area contributed by atoms with Crippen molar-refractivity contribution in [2.45, 2.75) is 0 Å². The second-order valence-corrected chi connectivity index (χ2v) is 5.30. The third kappa shape index (κ3) is 4.32. The second-order valence-electron chi connectivity index (χ2n) is 4.89. The molecule has 122 valence electrons. The maximum atomic E-state index is 13.8. The third-order valence-electron chi connectivity index (χ3n) is 3.37. The van der Waals surface area contributed by atoms with E-state index >= 15 is 0 Å². The topological polar surface area (TPSA) is 52.7 Å². The highest BCUT2D eigenvalue weighted by Crippen LogP contribution is 2.19. The summed E-state index contributed by atoms with van der Waals surface area (Å²) in [5.74, 6) is -1.46. The molecule has 1 N–H and O–H groups in total. The van der Waals surface area contributed by atoms with Crippen molar-refractivity contribution >= 4 is 35.8 Å². The van der Waals surface area contributed by atoms with Gasteiger partial charge in [-0.25, -0.2) is 4.39 Å². The number of likely N-dealkylation sites (N-methyl/N-ethyl adjacent to an activating group) is 1.